The van der Waals surface area contributed by atoms with Gasteiger partial charge in [-0.1, -0.05) is 60.7 Å². The van der Waals surface area contributed by atoms with Gasteiger partial charge in [-0.05, 0) is 17.5 Å². The Balaban J connectivity index is 0.00000392. The number of rotatable bonds is 8. The van der Waals surface area contributed by atoms with Crippen molar-refractivity contribution in [2.24, 2.45) is 4.99 Å². The van der Waals surface area contributed by atoms with Gasteiger partial charge in [0.1, 0.15) is 0 Å². The molecular weight excluding hydrogens is 463 g/mol. The van der Waals surface area contributed by atoms with Crippen LogP contribution in [0.25, 0.3) is 0 Å². The highest BCUT2D eigenvalue weighted by molar-refractivity contribution is 14.0. The molecule has 0 saturated carbocycles. The average Bonchev–Trinajstić information content (AvgIpc) is 2.71. The lowest BCUT2D eigenvalue weighted by atomic mass is 9.88. The summed E-state index contributed by atoms with van der Waals surface area (Å²) in [5.74, 6) is 1.15. The van der Waals surface area contributed by atoms with Gasteiger partial charge < -0.3 is 15.5 Å². The second-order valence-electron chi connectivity index (χ2n) is 6.63. The molecule has 2 N–H and O–H groups in total. The summed E-state index contributed by atoms with van der Waals surface area (Å²) in [5.41, 5.74) is 2.62. The maximum atomic E-state index is 11.7. The van der Waals surface area contributed by atoms with Gasteiger partial charge in [0.15, 0.2) is 5.96 Å². The van der Waals surface area contributed by atoms with Crippen LogP contribution in [0, 0.1) is 0 Å². The van der Waals surface area contributed by atoms with Crippen molar-refractivity contribution >= 4 is 35.8 Å². The molecule has 0 fully saturated rings. The molecule has 0 heterocycles. The molecule has 0 radical (unpaired) electrons. The molecule has 0 saturated heterocycles. The molecule has 6 heteroatoms. The number of hydrogen-bond acceptors (Lipinski definition) is 2. The van der Waals surface area contributed by atoms with Crippen LogP contribution in [-0.4, -0.2) is 51.0 Å². The van der Waals surface area contributed by atoms with Gasteiger partial charge in [-0.3, -0.25) is 9.79 Å². The zero-order chi connectivity index (χ0) is 19.5. The van der Waals surface area contributed by atoms with E-state index < -0.39 is 0 Å². The molecule has 2 aromatic carbocycles. The number of nitrogens with one attached hydrogen (secondary N) is 2. The third-order valence-electron chi connectivity index (χ3n) is 4.48. The van der Waals surface area contributed by atoms with E-state index in [1.54, 1.807) is 26.0 Å². The van der Waals surface area contributed by atoms with E-state index in [9.17, 15) is 4.79 Å². The maximum Gasteiger partial charge on any atom is 0.223 e. The fourth-order valence-electron chi connectivity index (χ4n) is 2.96. The van der Waals surface area contributed by atoms with Gasteiger partial charge >= 0.3 is 0 Å². The normalized spacial score (nSPS) is 10.9. The number of benzene rings is 2. The Hall–Kier alpha value is -2.09. The van der Waals surface area contributed by atoms with Crippen molar-refractivity contribution in [2.75, 3.05) is 34.2 Å². The van der Waals surface area contributed by atoms with Gasteiger partial charge in [-0.15, -0.1) is 24.0 Å². The lowest BCUT2D eigenvalue weighted by Gasteiger charge is -2.19. The van der Waals surface area contributed by atoms with E-state index in [4.69, 9.17) is 0 Å². The second kappa shape index (κ2) is 13.1. The van der Waals surface area contributed by atoms with E-state index in [1.807, 2.05) is 12.1 Å². The summed E-state index contributed by atoms with van der Waals surface area (Å²) < 4.78 is 0. The number of aliphatic imine (C=N–C) groups is 1. The zero-order valence-electron chi connectivity index (χ0n) is 16.9. The fraction of sp³-hybridized carbons (Fsp3) is 0.364. The highest BCUT2D eigenvalue weighted by Crippen LogP contribution is 2.27. The second-order valence-corrected chi connectivity index (χ2v) is 6.63. The largest absolute Gasteiger partial charge is 0.356 e. The first kappa shape index (κ1) is 23.9. The van der Waals surface area contributed by atoms with Crippen LogP contribution < -0.4 is 10.6 Å². The van der Waals surface area contributed by atoms with Crippen LogP contribution in [0.1, 0.15) is 29.9 Å². The highest BCUT2D eigenvalue weighted by atomic mass is 127. The minimum absolute atomic E-state index is 0. The molecule has 0 aliphatic carbocycles. The molecule has 2 aromatic rings. The third kappa shape index (κ3) is 7.88. The number of amides is 1. The molecule has 5 nitrogen and oxygen atoms in total. The Labute approximate surface area is 185 Å². The van der Waals surface area contributed by atoms with E-state index in [0.717, 1.165) is 18.9 Å². The molecule has 0 spiro atoms. The van der Waals surface area contributed by atoms with Crippen LogP contribution in [0.3, 0.4) is 0 Å². The number of nitrogens with zero attached hydrogens (tertiary/aromatic N) is 2. The summed E-state index contributed by atoms with van der Waals surface area (Å²) >= 11 is 0. The SMILES string of the molecule is CN=C(NCCC(=O)N(C)C)NCCC(c1ccccc1)c1ccccc1.I. The fourth-order valence-corrected chi connectivity index (χ4v) is 2.96. The van der Waals surface area contributed by atoms with Crippen LogP contribution in [-0.2, 0) is 4.79 Å². The summed E-state index contributed by atoms with van der Waals surface area (Å²) in [6.07, 6.45) is 1.40. The first-order valence-corrected chi connectivity index (χ1v) is 9.36. The van der Waals surface area contributed by atoms with E-state index in [0.29, 0.717) is 18.9 Å². The molecule has 0 aromatic heterocycles. The molecular formula is C22H31IN4O. The highest BCUT2D eigenvalue weighted by Gasteiger charge is 2.13. The van der Waals surface area contributed by atoms with Crippen molar-refractivity contribution < 1.29 is 4.79 Å². The molecule has 2 rings (SSSR count). The average molecular weight is 494 g/mol. The van der Waals surface area contributed by atoms with Gasteiger partial charge in [-0.25, -0.2) is 0 Å². The van der Waals surface area contributed by atoms with Crippen molar-refractivity contribution in [1.82, 2.24) is 15.5 Å². The molecule has 1 amide bonds. The minimum Gasteiger partial charge on any atom is -0.356 e. The zero-order valence-corrected chi connectivity index (χ0v) is 19.2. The Morgan fingerprint density at radius 1 is 0.929 bits per heavy atom. The predicted molar refractivity (Wildman–Crippen MR) is 127 cm³/mol. The van der Waals surface area contributed by atoms with Gasteiger partial charge in [0.05, 0.1) is 0 Å². The lowest BCUT2D eigenvalue weighted by molar-refractivity contribution is -0.128. The van der Waals surface area contributed by atoms with E-state index in [2.05, 4.69) is 64.2 Å². The summed E-state index contributed by atoms with van der Waals surface area (Å²) in [4.78, 5) is 17.5. The molecule has 0 aliphatic rings. The summed E-state index contributed by atoms with van der Waals surface area (Å²) in [5, 5.41) is 6.56. The van der Waals surface area contributed by atoms with Crippen molar-refractivity contribution in [2.45, 2.75) is 18.8 Å². The molecule has 0 atom stereocenters. The number of halogens is 1. The monoisotopic (exact) mass is 494 g/mol. The van der Waals surface area contributed by atoms with Crippen molar-refractivity contribution in [1.29, 1.82) is 0 Å². The van der Waals surface area contributed by atoms with Gasteiger partial charge in [0.2, 0.25) is 5.91 Å². The number of carbonyl (C=O) groups is 1. The third-order valence-corrected chi connectivity index (χ3v) is 4.48. The Kier molecular flexibility index (Phi) is 11.2. The summed E-state index contributed by atoms with van der Waals surface area (Å²) in [6.45, 7) is 1.35. The topological polar surface area (TPSA) is 56.7 Å². The Bertz CT molecular complexity index is 680. The molecule has 0 aliphatic heterocycles. The number of guanidine groups is 1. The van der Waals surface area contributed by atoms with Gasteiger partial charge in [0, 0.05) is 46.6 Å². The minimum atomic E-state index is 0. The van der Waals surface area contributed by atoms with Crippen molar-refractivity contribution in [3.05, 3.63) is 71.8 Å². The van der Waals surface area contributed by atoms with Crippen molar-refractivity contribution in [3.63, 3.8) is 0 Å². The molecule has 0 bridgehead atoms. The molecule has 0 unspecified atom stereocenters. The first-order chi connectivity index (χ1) is 13.1. The number of hydrogen-bond donors (Lipinski definition) is 2. The maximum absolute atomic E-state index is 11.7. The Morgan fingerprint density at radius 2 is 1.43 bits per heavy atom. The number of carbonyl (C=O) groups excluding carboxylic acids is 1. The predicted octanol–water partition coefficient (Wildman–Crippen LogP) is 3.47. The van der Waals surface area contributed by atoms with Crippen LogP contribution in [0.5, 0.6) is 0 Å². The van der Waals surface area contributed by atoms with Crippen LogP contribution >= 0.6 is 24.0 Å². The first-order valence-electron chi connectivity index (χ1n) is 9.36. The lowest BCUT2D eigenvalue weighted by Crippen LogP contribution is -2.39. The van der Waals surface area contributed by atoms with Crippen LogP contribution in [0.15, 0.2) is 65.7 Å². The van der Waals surface area contributed by atoms with Crippen molar-refractivity contribution in [3.8, 4) is 0 Å². The standard InChI is InChI=1S/C22H30N4O.HI/c1-23-22(25-17-15-21(27)26(2)3)24-16-14-20(18-10-6-4-7-11-18)19-12-8-5-9-13-19;/h4-13,20H,14-17H2,1-3H3,(H2,23,24,25);1H. The van der Waals surface area contributed by atoms with E-state index in [1.165, 1.54) is 11.1 Å². The summed E-state index contributed by atoms with van der Waals surface area (Å²) in [6, 6.07) is 21.1. The summed E-state index contributed by atoms with van der Waals surface area (Å²) in [7, 11) is 5.28. The van der Waals surface area contributed by atoms with Gasteiger partial charge in [-0.2, -0.15) is 0 Å². The molecule has 28 heavy (non-hydrogen) atoms. The smallest absolute Gasteiger partial charge is 0.223 e. The van der Waals surface area contributed by atoms with Crippen LogP contribution in [0.2, 0.25) is 0 Å². The van der Waals surface area contributed by atoms with E-state index in [-0.39, 0.29) is 29.9 Å². The van der Waals surface area contributed by atoms with Gasteiger partial charge in [0.25, 0.3) is 0 Å². The van der Waals surface area contributed by atoms with Crippen LogP contribution in [0.4, 0.5) is 0 Å². The van der Waals surface area contributed by atoms with E-state index >= 15 is 0 Å². The quantitative estimate of drug-likeness (QED) is 0.336. The molecule has 152 valence electrons. The Morgan fingerprint density at radius 3 is 1.89 bits per heavy atom.